The molecular weight excluding hydrogens is 368 g/mol. The number of nitrogens with one attached hydrogen (secondary N) is 2. The summed E-state index contributed by atoms with van der Waals surface area (Å²) in [6, 6.07) is 12.6. The fraction of sp³-hybridized carbons (Fsp3) is 0.263. The minimum absolute atomic E-state index is 0.0330. The Morgan fingerprint density at radius 3 is 2.41 bits per heavy atom. The number of aryl methyl sites for hydroxylation is 1. The summed E-state index contributed by atoms with van der Waals surface area (Å²) in [5.41, 5.74) is 1.62. The molecule has 1 atom stereocenters. The summed E-state index contributed by atoms with van der Waals surface area (Å²) in [5.74, 6) is -1.63. The van der Waals surface area contributed by atoms with Crippen LogP contribution in [0, 0.1) is 12.8 Å². The molecule has 0 saturated carbocycles. The molecule has 144 valence electrons. The van der Waals surface area contributed by atoms with E-state index < -0.39 is 21.9 Å². The van der Waals surface area contributed by atoms with Crippen LogP contribution < -0.4 is 10.0 Å². The number of carbonyl (C=O) groups is 2. The topological polar surface area (TPSA) is 113 Å². The quantitative estimate of drug-likeness (QED) is 0.641. The van der Waals surface area contributed by atoms with Gasteiger partial charge in [0.2, 0.25) is 0 Å². The lowest BCUT2D eigenvalue weighted by Gasteiger charge is -2.12. The highest BCUT2D eigenvalue weighted by molar-refractivity contribution is 7.92. The Hall–Kier alpha value is -2.87. The van der Waals surface area contributed by atoms with E-state index in [0.717, 1.165) is 5.56 Å². The van der Waals surface area contributed by atoms with Crippen LogP contribution in [-0.2, 0) is 14.8 Å². The van der Waals surface area contributed by atoms with Crippen molar-refractivity contribution in [2.45, 2.75) is 25.2 Å². The van der Waals surface area contributed by atoms with E-state index in [0.29, 0.717) is 5.69 Å². The number of aliphatic carboxylic acids is 1. The maximum atomic E-state index is 12.5. The third-order valence-corrected chi connectivity index (χ3v) is 5.22. The molecule has 1 amide bonds. The van der Waals surface area contributed by atoms with Crippen LogP contribution in [0.15, 0.2) is 53.4 Å². The van der Waals surface area contributed by atoms with Gasteiger partial charge in [0.05, 0.1) is 4.90 Å². The lowest BCUT2D eigenvalue weighted by atomic mass is 10.1. The third kappa shape index (κ3) is 6.10. The zero-order valence-corrected chi connectivity index (χ0v) is 15.9. The molecule has 0 spiro atoms. The molecule has 0 radical (unpaired) electrons. The Morgan fingerprint density at radius 2 is 1.78 bits per heavy atom. The zero-order valence-electron chi connectivity index (χ0n) is 15.1. The lowest BCUT2D eigenvalue weighted by molar-refractivity contribution is -0.137. The fourth-order valence-electron chi connectivity index (χ4n) is 2.38. The molecule has 0 aliphatic carbocycles. The second-order valence-electron chi connectivity index (χ2n) is 6.41. The molecule has 0 saturated heterocycles. The molecule has 0 heterocycles. The van der Waals surface area contributed by atoms with E-state index >= 15 is 0 Å². The van der Waals surface area contributed by atoms with Crippen LogP contribution in [0.1, 0.15) is 29.3 Å². The highest BCUT2D eigenvalue weighted by Crippen LogP contribution is 2.18. The number of sulfonamides is 1. The SMILES string of the molecule is Cc1ccc(NS(=O)(=O)c2cccc(C(=O)NCC(C)CC(=O)O)c2)cc1. The van der Waals surface area contributed by atoms with Gasteiger partial charge in [0.1, 0.15) is 0 Å². The Morgan fingerprint density at radius 1 is 1.11 bits per heavy atom. The first-order valence-corrected chi connectivity index (χ1v) is 9.85. The molecule has 2 aromatic rings. The Labute approximate surface area is 158 Å². The largest absolute Gasteiger partial charge is 0.481 e. The lowest BCUT2D eigenvalue weighted by Crippen LogP contribution is -2.29. The summed E-state index contributed by atoms with van der Waals surface area (Å²) in [6.45, 7) is 3.79. The predicted molar refractivity (Wildman–Crippen MR) is 102 cm³/mol. The molecule has 0 aromatic heterocycles. The predicted octanol–water partition coefficient (Wildman–Crippen LogP) is 2.64. The van der Waals surface area contributed by atoms with Gasteiger partial charge in [0.15, 0.2) is 0 Å². The number of carboxylic acids is 1. The molecule has 2 aromatic carbocycles. The number of hydrogen-bond donors (Lipinski definition) is 3. The molecular formula is C19H22N2O5S. The maximum Gasteiger partial charge on any atom is 0.303 e. The zero-order chi connectivity index (χ0) is 20.0. The smallest absolute Gasteiger partial charge is 0.303 e. The summed E-state index contributed by atoms with van der Waals surface area (Å²) in [6.07, 6.45) is -0.0603. The van der Waals surface area contributed by atoms with E-state index in [-0.39, 0.29) is 29.3 Å². The van der Waals surface area contributed by atoms with Gasteiger partial charge < -0.3 is 10.4 Å². The van der Waals surface area contributed by atoms with E-state index in [9.17, 15) is 18.0 Å². The number of rotatable bonds is 8. The van der Waals surface area contributed by atoms with E-state index in [4.69, 9.17) is 5.11 Å². The highest BCUT2D eigenvalue weighted by Gasteiger charge is 2.17. The van der Waals surface area contributed by atoms with Gasteiger partial charge in [0, 0.05) is 24.2 Å². The Kier molecular flexibility index (Phi) is 6.57. The first-order chi connectivity index (χ1) is 12.7. The van der Waals surface area contributed by atoms with Crippen LogP contribution in [0.2, 0.25) is 0 Å². The van der Waals surface area contributed by atoms with Crippen LogP contribution in [-0.4, -0.2) is 31.9 Å². The highest BCUT2D eigenvalue weighted by atomic mass is 32.2. The van der Waals surface area contributed by atoms with Gasteiger partial charge in [-0.3, -0.25) is 14.3 Å². The molecule has 2 rings (SSSR count). The third-order valence-electron chi connectivity index (χ3n) is 3.84. The molecule has 8 heteroatoms. The van der Waals surface area contributed by atoms with Crippen molar-refractivity contribution in [1.29, 1.82) is 0 Å². The standard InChI is InChI=1S/C19H22N2O5S/c1-13-6-8-16(9-7-13)21-27(25,26)17-5-3-4-15(11-17)19(24)20-12-14(2)10-18(22)23/h3-9,11,14,21H,10,12H2,1-2H3,(H,20,24)(H,22,23). The van der Waals surface area contributed by atoms with Crippen molar-refractivity contribution in [2.75, 3.05) is 11.3 Å². The number of amides is 1. The van der Waals surface area contributed by atoms with Gasteiger partial charge in [-0.2, -0.15) is 0 Å². The summed E-state index contributed by atoms with van der Waals surface area (Å²) in [7, 11) is -3.84. The molecule has 7 nitrogen and oxygen atoms in total. The number of carboxylic acid groups (broad SMARTS) is 1. The maximum absolute atomic E-state index is 12.5. The molecule has 3 N–H and O–H groups in total. The average Bonchev–Trinajstić information content (AvgIpc) is 2.61. The molecule has 0 aliphatic heterocycles. The van der Waals surface area contributed by atoms with Gasteiger partial charge in [-0.15, -0.1) is 0 Å². The number of benzene rings is 2. The Balaban J connectivity index is 2.10. The van der Waals surface area contributed by atoms with E-state index in [1.807, 2.05) is 6.92 Å². The van der Waals surface area contributed by atoms with Crippen molar-refractivity contribution in [2.24, 2.45) is 5.92 Å². The summed E-state index contributed by atoms with van der Waals surface area (Å²) in [5, 5.41) is 11.4. The van der Waals surface area contributed by atoms with E-state index in [1.54, 1.807) is 31.2 Å². The van der Waals surface area contributed by atoms with E-state index in [2.05, 4.69) is 10.0 Å². The van der Waals surface area contributed by atoms with Crippen molar-refractivity contribution in [1.82, 2.24) is 5.32 Å². The number of anilines is 1. The molecule has 1 unspecified atom stereocenters. The van der Waals surface area contributed by atoms with Gasteiger partial charge in [-0.25, -0.2) is 8.42 Å². The molecule has 0 fully saturated rings. The average molecular weight is 390 g/mol. The minimum Gasteiger partial charge on any atom is -0.481 e. The fourth-order valence-corrected chi connectivity index (χ4v) is 3.48. The van der Waals surface area contributed by atoms with Crippen LogP contribution in [0.3, 0.4) is 0 Å². The summed E-state index contributed by atoms with van der Waals surface area (Å²) in [4.78, 5) is 22.9. The second-order valence-corrected chi connectivity index (χ2v) is 8.09. The van der Waals surface area contributed by atoms with Crippen LogP contribution >= 0.6 is 0 Å². The van der Waals surface area contributed by atoms with E-state index in [1.165, 1.54) is 24.3 Å². The minimum atomic E-state index is -3.84. The number of hydrogen-bond acceptors (Lipinski definition) is 4. The van der Waals surface area contributed by atoms with Crippen LogP contribution in [0.4, 0.5) is 5.69 Å². The van der Waals surface area contributed by atoms with Crippen molar-refractivity contribution in [3.8, 4) is 0 Å². The van der Waals surface area contributed by atoms with Crippen molar-refractivity contribution >= 4 is 27.6 Å². The summed E-state index contributed by atoms with van der Waals surface area (Å²) < 4.78 is 27.6. The van der Waals surface area contributed by atoms with Gasteiger partial charge >= 0.3 is 5.97 Å². The van der Waals surface area contributed by atoms with Crippen molar-refractivity contribution in [3.63, 3.8) is 0 Å². The number of carbonyl (C=O) groups excluding carboxylic acids is 1. The van der Waals surface area contributed by atoms with Crippen molar-refractivity contribution < 1.29 is 23.1 Å². The van der Waals surface area contributed by atoms with Crippen molar-refractivity contribution in [3.05, 3.63) is 59.7 Å². The summed E-state index contributed by atoms with van der Waals surface area (Å²) >= 11 is 0. The van der Waals surface area contributed by atoms with Gasteiger partial charge in [-0.05, 0) is 43.2 Å². The monoisotopic (exact) mass is 390 g/mol. The normalized spacial score (nSPS) is 12.2. The van der Waals surface area contributed by atoms with Crippen LogP contribution in [0.5, 0.6) is 0 Å². The van der Waals surface area contributed by atoms with Gasteiger partial charge in [-0.1, -0.05) is 30.7 Å². The van der Waals surface area contributed by atoms with Gasteiger partial charge in [0.25, 0.3) is 15.9 Å². The molecule has 27 heavy (non-hydrogen) atoms. The molecule has 0 bridgehead atoms. The first-order valence-electron chi connectivity index (χ1n) is 8.37. The van der Waals surface area contributed by atoms with Crippen LogP contribution in [0.25, 0.3) is 0 Å². The Bertz CT molecular complexity index is 923. The first kappa shape index (κ1) is 20.4. The second kappa shape index (κ2) is 8.68. The molecule has 0 aliphatic rings.